The minimum Gasteiger partial charge on any atom is -0.455 e. The van der Waals surface area contributed by atoms with Gasteiger partial charge in [-0.05, 0) is 82.5 Å². The van der Waals surface area contributed by atoms with Crippen molar-refractivity contribution in [3.05, 3.63) is 174 Å². The van der Waals surface area contributed by atoms with Gasteiger partial charge in [-0.2, -0.15) is 13.7 Å². The summed E-state index contributed by atoms with van der Waals surface area (Å²) in [4.78, 5) is 0. The van der Waals surface area contributed by atoms with Crippen molar-refractivity contribution >= 4 is 51.9 Å². The van der Waals surface area contributed by atoms with Gasteiger partial charge in [0.15, 0.2) is 28.9 Å². The van der Waals surface area contributed by atoms with Crippen LogP contribution in [-0.4, -0.2) is 12.6 Å². The molecule has 0 N–H and O–H groups in total. The molecule has 2 aliphatic heterocycles. The number of nitrogens with zero attached hydrogens (tertiary/aromatic N) is 3. The number of fused-ring (bicyclic) bond motifs is 17. The molecule has 0 radical (unpaired) electrons. The molecule has 3 aliphatic rings. The second-order valence-corrected chi connectivity index (χ2v) is 24.8. The molecule has 9 aromatic rings. The highest BCUT2D eigenvalue weighted by Gasteiger charge is 2.52. The molecule has 1 aliphatic carbocycles. The maximum atomic E-state index is 7.11. The number of para-hydroxylation sites is 3. The molecule has 6 aromatic carbocycles. The average Bonchev–Trinajstić information content (AvgIpc) is 3.93. The van der Waals surface area contributed by atoms with Gasteiger partial charge in [0, 0.05) is 33.2 Å². The maximum Gasteiger partial charge on any atom is 0.304 e. The van der Waals surface area contributed by atoms with Crippen molar-refractivity contribution in [2.75, 3.05) is 0 Å². The number of aromatic nitrogens is 3. The Morgan fingerprint density at radius 2 is 1.40 bits per heavy atom. The van der Waals surface area contributed by atoms with Crippen LogP contribution in [0.25, 0.3) is 78.1 Å². The summed E-state index contributed by atoms with van der Waals surface area (Å²) in [7, 11) is -1.60. The lowest BCUT2D eigenvalue weighted by molar-refractivity contribution is -0.715. The van der Waals surface area contributed by atoms with E-state index in [2.05, 4.69) is 207 Å². The number of rotatable bonds is 5. The molecule has 0 saturated carbocycles. The Morgan fingerprint density at radius 1 is 0.694 bits per heavy atom. The van der Waals surface area contributed by atoms with E-state index in [9.17, 15) is 0 Å². The summed E-state index contributed by atoms with van der Waals surface area (Å²) in [5.74, 6) is 1.97. The lowest BCUT2D eigenvalue weighted by Crippen LogP contribution is -2.52. The van der Waals surface area contributed by atoms with Crippen molar-refractivity contribution in [3.63, 3.8) is 0 Å². The second-order valence-electron chi connectivity index (χ2n) is 19.7. The third kappa shape index (κ3) is 5.37. The third-order valence-corrected chi connectivity index (χ3v) is 16.4. The van der Waals surface area contributed by atoms with Crippen LogP contribution in [0.15, 0.2) is 156 Å². The summed E-state index contributed by atoms with van der Waals surface area (Å²) < 4.78 is 15.2. The molecule has 2 atom stereocenters. The summed E-state index contributed by atoms with van der Waals surface area (Å²) in [6.07, 6.45) is 4.33. The van der Waals surface area contributed by atoms with Crippen LogP contribution in [0.5, 0.6) is 0 Å². The Bertz CT molecular complexity index is 3330. The zero-order valence-corrected chi connectivity index (χ0v) is 37.8. The van der Waals surface area contributed by atoms with E-state index in [1.54, 1.807) is 0 Å². The van der Waals surface area contributed by atoms with Crippen LogP contribution in [0, 0.1) is 0 Å². The number of imidazole rings is 1. The van der Waals surface area contributed by atoms with Crippen LogP contribution in [0.3, 0.4) is 0 Å². The first kappa shape index (κ1) is 37.5. The van der Waals surface area contributed by atoms with Gasteiger partial charge < -0.3 is 4.42 Å². The molecule has 2 unspecified atom stereocenters. The van der Waals surface area contributed by atoms with E-state index in [1.807, 2.05) is 0 Å². The summed E-state index contributed by atoms with van der Waals surface area (Å²) in [5, 5.41) is 3.83. The van der Waals surface area contributed by atoms with Crippen molar-refractivity contribution in [3.8, 4) is 39.5 Å². The third-order valence-electron chi connectivity index (χ3n) is 14.3. The number of hydrogen-bond donors (Lipinski definition) is 0. The fourth-order valence-corrected chi connectivity index (χ4v) is 12.5. The summed E-state index contributed by atoms with van der Waals surface area (Å²) in [5.41, 5.74) is 20.5. The Morgan fingerprint density at radius 3 is 2.18 bits per heavy atom. The summed E-state index contributed by atoms with van der Waals surface area (Å²) in [6.45, 7) is 16.9. The number of allylic oxidation sites excluding steroid dienone is 2. The molecule has 304 valence electrons. The van der Waals surface area contributed by atoms with Crippen LogP contribution < -0.4 is 14.3 Å². The largest absolute Gasteiger partial charge is 0.455 e. The van der Waals surface area contributed by atoms with Gasteiger partial charge >= 0.3 is 5.82 Å². The molecule has 0 saturated heterocycles. The Labute approximate surface area is 365 Å². The fourth-order valence-electron chi connectivity index (χ4n) is 11.4. The quantitative estimate of drug-likeness (QED) is 0.125. The standard InChI is InChI=1S/C57H53N3OSi/c1-34(2)44-30-38(36-17-9-8-10-18-36)31-45(35(3)4)55(44)60-49-23-15-14-22-48(49)59-50-32-51-54(42-21-12-11-19-40(42)47-28-26-39(33-58(47)51)62(5,6)7)46(50)29-37-25-27-43-41-20-13-16-24-52(41)61-56(43)53(37)57(59)60/h8-28,30-31,33-35,51,54H,29,32H2,1-7H3/q+2. The molecule has 5 heterocycles. The monoisotopic (exact) mass is 823 g/mol. The van der Waals surface area contributed by atoms with Crippen LogP contribution in [-0.2, 0) is 6.42 Å². The van der Waals surface area contributed by atoms with E-state index in [4.69, 9.17) is 4.42 Å². The molecule has 62 heavy (non-hydrogen) atoms. The van der Waals surface area contributed by atoms with Crippen molar-refractivity contribution < 1.29 is 13.6 Å². The van der Waals surface area contributed by atoms with Crippen LogP contribution in [0.4, 0.5) is 0 Å². The minimum atomic E-state index is -1.60. The van der Waals surface area contributed by atoms with Crippen LogP contribution >= 0.6 is 0 Å². The van der Waals surface area contributed by atoms with Gasteiger partial charge in [-0.25, -0.2) is 0 Å². The van der Waals surface area contributed by atoms with Crippen molar-refractivity contribution in [1.29, 1.82) is 0 Å². The first-order chi connectivity index (χ1) is 30.1. The van der Waals surface area contributed by atoms with Gasteiger partial charge in [-0.3, -0.25) is 0 Å². The molecular formula is C57H53N3OSi+2. The Balaban J connectivity index is 1.22. The fraction of sp³-hybridized carbons (Fsp3) is 0.228. The molecule has 3 aromatic heterocycles. The molecule has 12 rings (SSSR count). The topological polar surface area (TPSA) is 25.8 Å². The van der Waals surface area contributed by atoms with E-state index in [0.717, 1.165) is 29.4 Å². The first-order valence-electron chi connectivity index (χ1n) is 22.7. The maximum absolute atomic E-state index is 7.11. The summed E-state index contributed by atoms with van der Waals surface area (Å²) >= 11 is 0. The Hall–Kier alpha value is -6.30. The smallest absolute Gasteiger partial charge is 0.304 e. The average molecular weight is 824 g/mol. The van der Waals surface area contributed by atoms with Crippen LogP contribution in [0.2, 0.25) is 19.6 Å². The van der Waals surface area contributed by atoms with E-state index in [1.165, 1.54) is 94.6 Å². The lowest BCUT2D eigenvalue weighted by atomic mass is 9.79. The zero-order valence-electron chi connectivity index (χ0n) is 36.8. The molecule has 5 heteroatoms. The highest BCUT2D eigenvalue weighted by molar-refractivity contribution is 6.88. The van der Waals surface area contributed by atoms with Crippen molar-refractivity contribution in [2.24, 2.45) is 0 Å². The minimum absolute atomic E-state index is 0.234. The van der Waals surface area contributed by atoms with E-state index in [0.29, 0.717) is 0 Å². The summed E-state index contributed by atoms with van der Waals surface area (Å²) in [6, 6.07) is 52.8. The van der Waals surface area contributed by atoms with Gasteiger partial charge in [0.1, 0.15) is 22.5 Å². The van der Waals surface area contributed by atoms with E-state index in [-0.39, 0.29) is 23.8 Å². The van der Waals surface area contributed by atoms with Crippen molar-refractivity contribution in [1.82, 2.24) is 4.57 Å². The second kappa shape index (κ2) is 13.6. The van der Waals surface area contributed by atoms with E-state index < -0.39 is 8.07 Å². The number of benzene rings is 6. The highest BCUT2D eigenvalue weighted by Crippen LogP contribution is 2.54. The molecular weight excluding hydrogens is 771 g/mol. The number of pyridine rings is 1. The molecule has 0 amide bonds. The van der Waals surface area contributed by atoms with Gasteiger partial charge in [0.2, 0.25) is 5.69 Å². The zero-order chi connectivity index (χ0) is 42.2. The predicted molar refractivity (Wildman–Crippen MR) is 258 cm³/mol. The number of furan rings is 1. The highest BCUT2D eigenvalue weighted by atomic mass is 28.3. The lowest BCUT2D eigenvalue weighted by Gasteiger charge is -2.29. The Kier molecular flexibility index (Phi) is 8.22. The van der Waals surface area contributed by atoms with Crippen molar-refractivity contribution in [2.45, 2.75) is 84.0 Å². The van der Waals surface area contributed by atoms with Gasteiger partial charge in [0.05, 0.1) is 26.0 Å². The molecule has 0 fully saturated rings. The number of hydrogen-bond acceptors (Lipinski definition) is 1. The van der Waals surface area contributed by atoms with Gasteiger partial charge in [-0.15, -0.1) is 0 Å². The van der Waals surface area contributed by atoms with Gasteiger partial charge in [-0.1, -0.05) is 144 Å². The van der Waals surface area contributed by atoms with E-state index >= 15 is 0 Å². The molecule has 4 nitrogen and oxygen atoms in total. The first-order valence-corrected chi connectivity index (χ1v) is 26.2. The van der Waals surface area contributed by atoms with Crippen LogP contribution in [0.1, 0.15) is 80.2 Å². The van der Waals surface area contributed by atoms with Gasteiger partial charge in [0.25, 0.3) is 0 Å². The SMILES string of the molecule is CC(C)c1cc(-c2ccccc2)cc(C(C)C)c1-n1c2[n+](c3ccccc31)C1=C(Cc3ccc4c(oc5ccccc54)c3-2)C2c3ccccc3-c3ccc([Si](C)(C)C)c[n+]3C2C1. The molecule has 0 spiro atoms. The predicted octanol–water partition coefficient (Wildman–Crippen LogP) is 13.4. The normalized spacial score (nSPS) is 16.7. The molecule has 0 bridgehead atoms.